The second-order valence-corrected chi connectivity index (χ2v) is 4.65. The number of hydrogen-bond acceptors (Lipinski definition) is 3. The van der Waals surface area contributed by atoms with E-state index in [4.69, 9.17) is 0 Å². The van der Waals surface area contributed by atoms with Crippen LogP contribution < -0.4 is 10.6 Å². The second-order valence-electron chi connectivity index (χ2n) is 4.65. The summed E-state index contributed by atoms with van der Waals surface area (Å²) in [5.41, 5.74) is 1.56. The summed E-state index contributed by atoms with van der Waals surface area (Å²) in [4.78, 5) is 23.4. The maximum absolute atomic E-state index is 11.7. The van der Waals surface area contributed by atoms with E-state index in [1.54, 1.807) is 16.9 Å². The van der Waals surface area contributed by atoms with Gasteiger partial charge in [0.05, 0.1) is 0 Å². The summed E-state index contributed by atoms with van der Waals surface area (Å²) in [6.07, 6.45) is 4.27. The molecular formula is C15H18N4O2. The average molecular weight is 286 g/mol. The van der Waals surface area contributed by atoms with Crippen LogP contribution in [-0.4, -0.2) is 28.1 Å². The lowest BCUT2D eigenvalue weighted by Gasteiger charge is -2.08. The Morgan fingerprint density at radius 3 is 2.71 bits per heavy atom. The Hall–Kier alpha value is -2.63. The first-order valence-electron chi connectivity index (χ1n) is 6.79. The van der Waals surface area contributed by atoms with Gasteiger partial charge in [-0.25, -0.2) is 0 Å². The first-order chi connectivity index (χ1) is 10.2. The van der Waals surface area contributed by atoms with Gasteiger partial charge in [-0.1, -0.05) is 18.2 Å². The molecular weight excluding hydrogens is 268 g/mol. The van der Waals surface area contributed by atoms with Crippen LogP contribution in [0.15, 0.2) is 42.7 Å². The van der Waals surface area contributed by atoms with Gasteiger partial charge >= 0.3 is 11.8 Å². The number of rotatable bonds is 5. The molecule has 6 nitrogen and oxygen atoms in total. The molecule has 2 rings (SSSR count). The highest BCUT2D eigenvalue weighted by molar-refractivity contribution is 6.39. The molecule has 6 heteroatoms. The summed E-state index contributed by atoms with van der Waals surface area (Å²) < 4.78 is 1.78. The molecule has 0 unspecified atom stereocenters. The van der Waals surface area contributed by atoms with E-state index in [-0.39, 0.29) is 0 Å². The second kappa shape index (κ2) is 7.23. The van der Waals surface area contributed by atoms with Crippen LogP contribution in [0.2, 0.25) is 0 Å². The Bertz CT molecular complexity index is 608. The average Bonchev–Trinajstić information content (AvgIpc) is 2.99. The molecule has 0 spiro atoms. The standard InChI is InChI=1S/C15H18N4O2/c1-12-6-2-3-7-13(12)18-15(21)14(20)16-8-4-10-19-11-5-9-17-19/h2-3,5-7,9,11H,4,8,10H2,1H3,(H,16,20)(H,18,21). The van der Waals surface area contributed by atoms with Gasteiger partial charge in [-0.05, 0) is 31.0 Å². The molecule has 1 aromatic carbocycles. The molecule has 0 fully saturated rings. The number of carbonyl (C=O) groups excluding carboxylic acids is 2. The Labute approximate surface area is 123 Å². The van der Waals surface area contributed by atoms with Gasteiger partial charge in [0.25, 0.3) is 0 Å². The van der Waals surface area contributed by atoms with E-state index >= 15 is 0 Å². The lowest BCUT2D eigenvalue weighted by molar-refractivity contribution is -0.136. The number of nitrogens with zero attached hydrogens (tertiary/aromatic N) is 2. The molecule has 0 atom stereocenters. The van der Waals surface area contributed by atoms with Crippen LogP contribution in [0.4, 0.5) is 5.69 Å². The minimum atomic E-state index is -0.650. The molecule has 21 heavy (non-hydrogen) atoms. The molecule has 2 amide bonds. The molecule has 1 aromatic heterocycles. The van der Waals surface area contributed by atoms with Crippen molar-refractivity contribution in [1.29, 1.82) is 0 Å². The zero-order chi connectivity index (χ0) is 15.1. The lowest BCUT2D eigenvalue weighted by atomic mass is 10.2. The van der Waals surface area contributed by atoms with Gasteiger partial charge in [0.15, 0.2) is 0 Å². The summed E-state index contributed by atoms with van der Waals surface area (Å²) in [5, 5.41) is 9.25. The topological polar surface area (TPSA) is 76.0 Å². The third kappa shape index (κ3) is 4.45. The monoisotopic (exact) mass is 286 g/mol. The van der Waals surface area contributed by atoms with Crippen molar-refractivity contribution in [2.45, 2.75) is 19.9 Å². The van der Waals surface area contributed by atoms with E-state index in [9.17, 15) is 9.59 Å². The largest absolute Gasteiger partial charge is 0.348 e. The van der Waals surface area contributed by atoms with Gasteiger partial charge in [0, 0.05) is 31.2 Å². The van der Waals surface area contributed by atoms with Crippen molar-refractivity contribution in [2.24, 2.45) is 0 Å². The van der Waals surface area contributed by atoms with E-state index in [1.807, 2.05) is 37.4 Å². The molecule has 110 valence electrons. The quantitative estimate of drug-likeness (QED) is 0.643. The fourth-order valence-electron chi connectivity index (χ4n) is 1.85. The zero-order valence-electron chi connectivity index (χ0n) is 11.9. The summed E-state index contributed by atoms with van der Waals surface area (Å²) in [6.45, 7) is 3.00. The summed E-state index contributed by atoms with van der Waals surface area (Å²) in [7, 11) is 0. The number of para-hydroxylation sites is 1. The first-order valence-corrected chi connectivity index (χ1v) is 6.79. The third-order valence-electron chi connectivity index (χ3n) is 3.01. The molecule has 0 bridgehead atoms. The fraction of sp³-hybridized carbons (Fsp3) is 0.267. The highest BCUT2D eigenvalue weighted by atomic mass is 16.2. The number of hydrogen-bond donors (Lipinski definition) is 2. The number of benzene rings is 1. The maximum Gasteiger partial charge on any atom is 0.313 e. The lowest BCUT2D eigenvalue weighted by Crippen LogP contribution is -2.36. The predicted octanol–water partition coefficient (Wildman–Crippen LogP) is 1.34. The van der Waals surface area contributed by atoms with Crippen molar-refractivity contribution < 1.29 is 9.59 Å². The van der Waals surface area contributed by atoms with E-state index in [1.165, 1.54) is 0 Å². The predicted molar refractivity (Wildman–Crippen MR) is 79.7 cm³/mol. The number of aromatic nitrogens is 2. The number of carbonyl (C=O) groups is 2. The highest BCUT2D eigenvalue weighted by Crippen LogP contribution is 2.12. The van der Waals surface area contributed by atoms with E-state index < -0.39 is 11.8 Å². The molecule has 2 aromatic rings. The summed E-state index contributed by atoms with van der Waals surface area (Å²) >= 11 is 0. The molecule has 0 saturated heterocycles. The van der Waals surface area contributed by atoms with Crippen LogP contribution in [0.3, 0.4) is 0 Å². The minimum absolute atomic E-state index is 0.430. The molecule has 2 N–H and O–H groups in total. The Kier molecular flexibility index (Phi) is 5.09. The van der Waals surface area contributed by atoms with E-state index in [0.29, 0.717) is 25.2 Å². The van der Waals surface area contributed by atoms with Crippen LogP contribution in [0.1, 0.15) is 12.0 Å². The minimum Gasteiger partial charge on any atom is -0.348 e. The maximum atomic E-state index is 11.7. The number of amides is 2. The fourth-order valence-corrected chi connectivity index (χ4v) is 1.85. The van der Waals surface area contributed by atoms with Crippen LogP contribution in [-0.2, 0) is 16.1 Å². The van der Waals surface area contributed by atoms with Crippen molar-refractivity contribution in [3.05, 3.63) is 48.3 Å². The summed E-state index contributed by atoms with van der Waals surface area (Å²) in [5.74, 6) is -1.28. The Morgan fingerprint density at radius 2 is 2.00 bits per heavy atom. The summed E-state index contributed by atoms with van der Waals surface area (Å²) in [6, 6.07) is 9.16. The van der Waals surface area contributed by atoms with Gasteiger partial charge in [-0.3, -0.25) is 14.3 Å². The van der Waals surface area contributed by atoms with E-state index in [2.05, 4.69) is 15.7 Å². The van der Waals surface area contributed by atoms with Crippen LogP contribution in [0, 0.1) is 6.92 Å². The van der Waals surface area contributed by atoms with Crippen LogP contribution in [0.5, 0.6) is 0 Å². The molecule has 0 aliphatic rings. The third-order valence-corrected chi connectivity index (χ3v) is 3.01. The normalized spacial score (nSPS) is 10.1. The van der Waals surface area contributed by atoms with Gasteiger partial charge < -0.3 is 10.6 Å². The van der Waals surface area contributed by atoms with Gasteiger partial charge in [0.2, 0.25) is 0 Å². The highest BCUT2D eigenvalue weighted by Gasteiger charge is 2.13. The van der Waals surface area contributed by atoms with Crippen LogP contribution >= 0.6 is 0 Å². The van der Waals surface area contributed by atoms with Crippen LogP contribution in [0.25, 0.3) is 0 Å². The molecule has 1 heterocycles. The molecule has 0 radical (unpaired) electrons. The van der Waals surface area contributed by atoms with Crippen molar-refractivity contribution in [3.8, 4) is 0 Å². The number of aryl methyl sites for hydroxylation is 2. The van der Waals surface area contributed by atoms with Crippen molar-refractivity contribution in [3.63, 3.8) is 0 Å². The number of nitrogens with one attached hydrogen (secondary N) is 2. The Balaban J connectivity index is 1.73. The first kappa shape index (κ1) is 14.8. The van der Waals surface area contributed by atoms with Gasteiger partial charge in [-0.2, -0.15) is 5.10 Å². The molecule has 0 aliphatic heterocycles. The Morgan fingerprint density at radius 1 is 1.19 bits per heavy atom. The molecule has 0 aliphatic carbocycles. The smallest absolute Gasteiger partial charge is 0.313 e. The van der Waals surface area contributed by atoms with Gasteiger partial charge in [-0.15, -0.1) is 0 Å². The van der Waals surface area contributed by atoms with Gasteiger partial charge in [0.1, 0.15) is 0 Å². The molecule has 0 saturated carbocycles. The van der Waals surface area contributed by atoms with E-state index in [0.717, 1.165) is 5.56 Å². The number of anilines is 1. The SMILES string of the molecule is Cc1ccccc1NC(=O)C(=O)NCCCn1cccn1. The zero-order valence-corrected chi connectivity index (χ0v) is 11.9. The van der Waals surface area contributed by atoms with Crippen molar-refractivity contribution >= 4 is 17.5 Å². The van der Waals surface area contributed by atoms with Crippen molar-refractivity contribution in [2.75, 3.05) is 11.9 Å². The van der Waals surface area contributed by atoms with Crippen molar-refractivity contribution in [1.82, 2.24) is 15.1 Å².